The highest BCUT2D eigenvalue weighted by molar-refractivity contribution is 6.01. The lowest BCUT2D eigenvalue weighted by atomic mass is 9.99. The van der Waals surface area contributed by atoms with Crippen molar-refractivity contribution in [3.8, 4) is 0 Å². The summed E-state index contributed by atoms with van der Waals surface area (Å²) in [6, 6.07) is 8.16. The zero-order chi connectivity index (χ0) is 16.9. The van der Waals surface area contributed by atoms with Crippen molar-refractivity contribution in [2.45, 2.75) is 38.5 Å². The van der Waals surface area contributed by atoms with E-state index in [1.54, 1.807) is 32.9 Å². The first-order chi connectivity index (χ1) is 10.9. The number of ketones is 1. The van der Waals surface area contributed by atoms with Crippen LogP contribution in [0.4, 0.5) is 4.79 Å². The number of carbonyl (C=O) groups excluding carboxylic acids is 2. The Morgan fingerprint density at radius 3 is 2.52 bits per heavy atom. The summed E-state index contributed by atoms with van der Waals surface area (Å²) in [6.07, 6.45) is 3.24. The maximum Gasteiger partial charge on any atom is 0.422 e. The Hall–Kier alpha value is -2.18. The van der Waals surface area contributed by atoms with Crippen LogP contribution in [-0.4, -0.2) is 36.1 Å². The molecule has 1 aromatic rings. The fourth-order valence-electron chi connectivity index (χ4n) is 2.26. The molecule has 0 radical (unpaired) electrons. The Bertz CT molecular complexity index is 578. The molecule has 1 aliphatic rings. The molecule has 0 saturated heterocycles. The monoisotopic (exact) mass is 317 g/mol. The van der Waals surface area contributed by atoms with Crippen LogP contribution in [0.5, 0.6) is 0 Å². The molecule has 2 rings (SSSR count). The van der Waals surface area contributed by atoms with E-state index in [0.29, 0.717) is 12.1 Å². The van der Waals surface area contributed by atoms with Gasteiger partial charge in [-0.2, -0.15) is 0 Å². The highest BCUT2D eigenvalue weighted by atomic mass is 16.6. The van der Waals surface area contributed by atoms with Gasteiger partial charge < -0.3 is 10.1 Å². The van der Waals surface area contributed by atoms with Gasteiger partial charge in [0.05, 0.1) is 6.04 Å². The number of hydrazine groups is 1. The lowest BCUT2D eigenvalue weighted by Gasteiger charge is -2.25. The second kappa shape index (κ2) is 7.39. The average molecular weight is 317 g/mol. The Balaban J connectivity index is 2.05. The van der Waals surface area contributed by atoms with Gasteiger partial charge in [-0.05, 0) is 20.8 Å². The van der Waals surface area contributed by atoms with E-state index in [0.717, 1.165) is 0 Å². The zero-order valence-electron chi connectivity index (χ0n) is 13.6. The van der Waals surface area contributed by atoms with E-state index in [1.807, 2.05) is 30.4 Å². The first kappa shape index (κ1) is 17.2. The van der Waals surface area contributed by atoms with Crippen LogP contribution < -0.4 is 16.2 Å². The van der Waals surface area contributed by atoms with Gasteiger partial charge in [0.15, 0.2) is 5.78 Å². The third-order valence-electron chi connectivity index (χ3n) is 3.24. The number of ether oxygens (including phenoxy) is 1. The van der Waals surface area contributed by atoms with E-state index in [9.17, 15) is 9.59 Å². The molecule has 0 spiro atoms. The largest absolute Gasteiger partial charge is 0.443 e. The van der Waals surface area contributed by atoms with Crippen LogP contribution in [0, 0.1) is 0 Å². The van der Waals surface area contributed by atoms with Gasteiger partial charge in [-0.15, -0.1) is 0 Å². The molecule has 1 aliphatic heterocycles. The van der Waals surface area contributed by atoms with Gasteiger partial charge >= 0.3 is 6.09 Å². The van der Waals surface area contributed by atoms with Crippen molar-refractivity contribution in [3.05, 3.63) is 48.0 Å². The Kier molecular flexibility index (Phi) is 5.52. The van der Waals surface area contributed by atoms with Crippen LogP contribution in [0.2, 0.25) is 0 Å². The van der Waals surface area contributed by atoms with Crippen molar-refractivity contribution in [1.29, 1.82) is 0 Å². The van der Waals surface area contributed by atoms with E-state index < -0.39 is 17.7 Å². The Morgan fingerprint density at radius 2 is 1.96 bits per heavy atom. The molecule has 0 bridgehead atoms. The minimum Gasteiger partial charge on any atom is -0.443 e. The second-order valence-electron chi connectivity index (χ2n) is 6.34. The lowest BCUT2D eigenvalue weighted by molar-refractivity contribution is 0.0484. The number of hydrogen-bond acceptors (Lipinski definition) is 5. The zero-order valence-corrected chi connectivity index (χ0v) is 13.6. The van der Waals surface area contributed by atoms with Crippen molar-refractivity contribution in [3.63, 3.8) is 0 Å². The van der Waals surface area contributed by atoms with Gasteiger partial charge in [-0.1, -0.05) is 42.5 Å². The molecule has 6 heteroatoms. The maximum atomic E-state index is 12.7. The van der Waals surface area contributed by atoms with Gasteiger partial charge in [0.2, 0.25) is 0 Å². The Morgan fingerprint density at radius 1 is 1.26 bits per heavy atom. The van der Waals surface area contributed by atoms with Gasteiger partial charge in [0, 0.05) is 12.1 Å². The van der Waals surface area contributed by atoms with Gasteiger partial charge in [0.1, 0.15) is 11.6 Å². The molecule has 1 heterocycles. The smallest absolute Gasteiger partial charge is 0.422 e. The summed E-state index contributed by atoms with van der Waals surface area (Å²) in [5.41, 5.74) is 5.24. The van der Waals surface area contributed by atoms with Crippen LogP contribution in [-0.2, 0) is 4.74 Å². The molecule has 1 amide bonds. The summed E-state index contributed by atoms with van der Waals surface area (Å²) >= 11 is 0. The number of amides is 1. The fraction of sp³-hybridized carbons (Fsp3) is 0.412. The van der Waals surface area contributed by atoms with Crippen molar-refractivity contribution in [1.82, 2.24) is 16.2 Å². The number of carbonyl (C=O) groups is 2. The van der Waals surface area contributed by atoms with Gasteiger partial charge in [-0.25, -0.2) is 10.2 Å². The SMILES string of the molecule is CC(C)(C)OC(=O)NNC(C(=O)c1ccccc1)[C@@H]1C=CCN1. The third-order valence-corrected chi connectivity index (χ3v) is 3.24. The predicted octanol–water partition coefficient (Wildman–Crippen LogP) is 1.80. The molecule has 1 unspecified atom stereocenters. The van der Waals surface area contributed by atoms with Gasteiger partial charge in [-0.3, -0.25) is 10.2 Å². The van der Waals surface area contributed by atoms with Crippen LogP contribution in [0.25, 0.3) is 0 Å². The van der Waals surface area contributed by atoms with Crippen LogP contribution in [0.1, 0.15) is 31.1 Å². The number of rotatable bonds is 5. The first-order valence-electron chi connectivity index (χ1n) is 7.61. The molecule has 1 aromatic carbocycles. The van der Waals surface area contributed by atoms with E-state index in [4.69, 9.17) is 4.74 Å². The first-order valence-corrected chi connectivity index (χ1v) is 7.61. The molecular weight excluding hydrogens is 294 g/mol. The van der Waals surface area contributed by atoms with Crippen LogP contribution in [0.15, 0.2) is 42.5 Å². The second-order valence-corrected chi connectivity index (χ2v) is 6.34. The summed E-state index contributed by atoms with van der Waals surface area (Å²) in [4.78, 5) is 24.5. The van der Waals surface area contributed by atoms with Gasteiger partial charge in [0.25, 0.3) is 0 Å². The van der Waals surface area contributed by atoms with Crippen molar-refractivity contribution < 1.29 is 14.3 Å². The highest BCUT2D eigenvalue weighted by Gasteiger charge is 2.29. The minimum atomic E-state index is -0.622. The number of benzene rings is 1. The summed E-state index contributed by atoms with van der Waals surface area (Å²) in [5.74, 6) is -0.106. The molecule has 3 N–H and O–H groups in total. The standard InChI is InChI=1S/C17H23N3O3/c1-17(2,3)23-16(22)20-19-14(13-10-7-11-18-13)15(21)12-8-5-4-6-9-12/h4-10,13-14,18-19H,11H2,1-3H3,(H,20,22)/t13-,14?/m0/s1. The normalized spacial score (nSPS) is 18.5. The molecule has 124 valence electrons. The molecule has 0 aromatic heterocycles. The molecule has 6 nitrogen and oxygen atoms in total. The average Bonchev–Trinajstić information content (AvgIpc) is 3.00. The minimum absolute atomic E-state index is 0.106. The summed E-state index contributed by atoms with van der Waals surface area (Å²) in [7, 11) is 0. The molecule has 0 aliphatic carbocycles. The predicted molar refractivity (Wildman–Crippen MR) is 88.0 cm³/mol. The fourth-order valence-corrected chi connectivity index (χ4v) is 2.26. The van der Waals surface area contributed by atoms with Crippen molar-refractivity contribution in [2.24, 2.45) is 0 Å². The highest BCUT2D eigenvalue weighted by Crippen LogP contribution is 2.10. The van der Waals surface area contributed by atoms with Crippen molar-refractivity contribution in [2.75, 3.05) is 6.54 Å². The van der Waals surface area contributed by atoms with Crippen LogP contribution in [0.3, 0.4) is 0 Å². The quantitative estimate of drug-likeness (QED) is 0.438. The van der Waals surface area contributed by atoms with E-state index >= 15 is 0 Å². The van der Waals surface area contributed by atoms with E-state index in [2.05, 4.69) is 16.2 Å². The van der Waals surface area contributed by atoms with E-state index in [1.165, 1.54) is 0 Å². The molecule has 0 fully saturated rings. The molecule has 2 atom stereocenters. The molecule has 0 saturated carbocycles. The molecule has 23 heavy (non-hydrogen) atoms. The van der Waals surface area contributed by atoms with Crippen molar-refractivity contribution >= 4 is 11.9 Å². The topological polar surface area (TPSA) is 79.5 Å². The number of hydrogen-bond donors (Lipinski definition) is 3. The maximum absolute atomic E-state index is 12.7. The Labute approximate surface area is 136 Å². The summed E-state index contributed by atoms with van der Waals surface area (Å²) < 4.78 is 5.17. The number of Topliss-reactive ketones (excluding diaryl/α,β-unsaturated/α-hetero) is 1. The third kappa shape index (κ3) is 5.19. The van der Waals surface area contributed by atoms with E-state index in [-0.39, 0.29) is 11.8 Å². The lowest BCUT2D eigenvalue weighted by Crippen LogP contribution is -2.56. The number of nitrogens with one attached hydrogen (secondary N) is 3. The summed E-state index contributed by atoms with van der Waals surface area (Å²) in [6.45, 7) is 6.03. The van der Waals surface area contributed by atoms with Crippen LogP contribution >= 0.6 is 0 Å². The summed E-state index contributed by atoms with van der Waals surface area (Å²) in [5, 5.41) is 3.19. The molecular formula is C17H23N3O3.